The first kappa shape index (κ1) is 29.1. The Hall–Kier alpha value is -6.63. The molecule has 0 aliphatic rings. The maximum Gasteiger partial charge on any atom is 0.165 e. The Morgan fingerprint density at radius 1 is 0.500 bits per heavy atom. The van der Waals surface area contributed by atoms with Gasteiger partial charge in [0.15, 0.2) is 23.1 Å². The van der Waals surface area contributed by atoms with E-state index in [1.165, 1.54) is 30.9 Å². The van der Waals surface area contributed by atoms with Gasteiger partial charge in [-0.05, 0) is 48.9 Å². The zero-order chi connectivity index (χ0) is 34.3. The predicted molar refractivity (Wildman–Crippen MR) is 215 cm³/mol. The molecular formula is C46H28N4OS. The van der Waals surface area contributed by atoms with Crippen molar-refractivity contribution >= 4 is 75.3 Å². The monoisotopic (exact) mass is 684 g/mol. The Bertz CT molecular complexity index is 3140. The predicted octanol–water partition coefficient (Wildman–Crippen LogP) is 12.5. The van der Waals surface area contributed by atoms with Crippen molar-refractivity contribution in [3.63, 3.8) is 0 Å². The highest BCUT2D eigenvalue weighted by molar-refractivity contribution is 7.26. The molecule has 0 spiro atoms. The quantitative estimate of drug-likeness (QED) is 0.185. The summed E-state index contributed by atoms with van der Waals surface area (Å²) in [4.78, 5) is 15.3. The Morgan fingerprint density at radius 2 is 1.12 bits per heavy atom. The van der Waals surface area contributed by atoms with Gasteiger partial charge in [0, 0.05) is 58.4 Å². The summed E-state index contributed by atoms with van der Waals surface area (Å²) in [5.74, 6) is 1.87. The Labute approximate surface area is 302 Å². The Morgan fingerprint density at radius 3 is 1.87 bits per heavy atom. The molecule has 0 fully saturated rings. The highest BCUT2D eigenvalue weighted by Crippen LogP contribution is 2.46. The van der Waals surface area contributed by atoms with Gasteiger partial charge in [-0.3, -0.25) is 0 Å². The minimum atomic E-state index is 0.613. The SMILES string of the molecule is Cc1cc(-n2c3ccccc3c3c4c(ccc32)sc2ccccc24)c2oc3ccccc3c2c1-c1nc(-c2ccccc2)nc(-c2ccccc2)n1. The fraction of sp³-hybridized carbons (Fsp3) is 0.0217. The lowest BCUT2D eigenvalue weighted by Gasteiger charge is -2.15. The average molecular weight is 685 g/mol. The molecule has 0 saturated heterocycles. The van der Waals surface area contributed by atoms with Crippen molar-refractivity contribution in [3.8, 4) is 39.9 Å². The number of furan rings is 1. The fourth-order valence-corrected chi connectivity index (χ4v) is 9.04. The van der Waals surface area contributed by atoms with Crippen LogP contribution >= 0.6 is 11.3 Å². The van der Waals surface area contributed by atoms with E-state index < -0.39 is 0 Å². The number of aromatic nitrogens is 4. The van der Waals surface area contributed by atoms with E-state index >= 15 is 0 Å². The summed E-state index contributed by atoms with van der Waals surface area (Å²) in [5, 5.41) is 7.07. The van der Waals surface area contributed by atoms with Crippen molar-refractivity contribution in [1.29, 1.82) is 0 Å². The molecule has 0 aliphatic heterocycles. The highest BCUT2D eigenvalue weighted by Gasteiger charge is 2.25. The minimum absolute atomic E-state index is 0.613. The smallest absolute Gasteiger partial charge is 0.165 e. The molecule has 11 rings (SSSR count). The molecule has 0 unspecified atom stereocenters. The van der Waals surface area contributed by atoms with Crippen LogP contribution in [0.2, 0.25) is 0 Å². The second-order valence-corrected chi connectivity index (χ2v) is 14.3. The van der Waals surface area contributed by atoms with Gasteiger partial charge in [0.25, 0.3) is 0 Å². The molecular weight excluding hydrogens is 657 g/mol. The average Bonchev–Trinajstić information content (AvgIpc) is 3.88. The zero-order valence-corrected chi connectivity index (χ0v) is 28.9. The van der Waals surface area contributed by atoms with E-state index in [1.807, 2.05) is 84.1 Å². The van der Waals surface area contributed by atoms with E-state index in [-0.39, 0.29) is 0 Å². The molecule has 4 aromatic heterocycles. The number of rotatable bonds is 4. The van der Waals surface area contributed by atoms with Crippen LogP contribution in [0.25, 0.3) is 104 Å². The lowest BCUT2D eigenvalue weighted by Crippen LogP contribution is -2.03. The van der Waals surface area contributed by atoms with Gasteiger partial charge < -0.3 is 8.98 Å². The normalized spacial score (nSPS) is 11.9. The first-order valence-corrected chi connectivity index (χ1v) is 18.2. The van der Waals surface area contributed by atoms with Crippen LogP contribution in [-0.4, -0.2) is 19.5 Å². The largest absolute Gasteiger partial charge is 0.454 e. The van der Waals surface area contributed by atoms with Crippen LogP contribution in [0.1, 0.15) is 5.56 Å². The van der Waals surface area contributed by atoms with E-state index in [9.17, 15) is 0 Å². The third-order valence-electron chi connectivity index (χ3n) is 10.2. The Balaban J connectivity index is 1.26. The summed E-state index contributed by atoms with van der Waals surface area (Å²) >= 11 is 1.85. The molecule has 4 heterocycles. The van der Waals surface area contributed by atoms with Crippen molar-refractivity contribution in [1.82, 2.24) is 19.5 Å². The number of fused-ring (bicyclic) bond motifs is 10. The molecule has 11 aromatic rings. The van der Waals surface area contributed by atoms with Crippen LogP contribution < -0.4 is 0 Å². The number of hydrogen-bond donors (Lipinski definition) is 0. The highest BCUT2D eigenvalue weighted by atomic mass is 32.1. The number of nitrogens with zero attached hydrogens (tertiary/aromatic N) is 4. The molecule has 5 nitrogen and oxygen atoms in total. The molecule has 0 amide bonds. The van der Waals surface area contributed by atoms with Crippen LogP contribution in [0.15, 0.2) is 156 Å². The molecule has 0 bridgehead atoms. The van der Waals surface area contributed by atoms with E-state index in [2.05, 4.69) is 90.4 Å². The molecule has 7 aromatic carbocycles. The van der Waals surface area contributed by atoms with Gasteiger partial charge in [0.05, 0.1) is 16.7 Å². The molecule has 244 valence electrons. The van der Waals surface area contributed by atoms with Gasteiger partial charge in [-0.2, -0.15) is 0 Å². The molecule has 0 N–H and O–H groups in total. The van der Waals surface area contributed by atoms with Gasteiger partial charge >= 0.3 is 0 Å². The maximum absolute atomic E-state index is 6.90. The maximum atomic E-state index is 6.90. The summed E-state index contributed by atoms with van der Waals surface area (Å²) in [6.07, 6.45) is 0. The third-order valence-corrected chi connectivity index (χ3v) is 11.3. The van der Waals surface area contributed by atoms with Crippen LogP contribution in [0.5, 0.6) is 0 Å². The first-order valence-electron chi connectivity index (χ1n) is 17.4. The van der Waals surface area contributed by atoms with Crippen LogP contribution in [0.4, 0.5) is 0 Å². The van der Waals surface area contributed by atoms with Crippen molar-refractivity contribution < 1.29 is 4.42 Å². The van der Waals surface area contributed by atoms with Crippen LogP contribution in [-0.2, 0) is 0 Å². The lowest BCUT2D eigenvalue weighted by molar-refractivity contribution is 0.666. The van der Waals surface area contributed by atoms with Crippen LogP contribution in [0.3, 0.4) is 0 Å². The molecule has 0 atom stereocenters. The lowest BCUT2D eigenvalue weighted by atomic mass is 9.99. The Kier molecular flexibility index (Phi) is 6.27. The number of benzene rings is 7. The van der Waals surface area contributed by atoms with Crippen molar-refractivity contribution in [2.75, 3.05) is 0 Å². The van der Waals surface area contributed by atoms with E-state index in [0.29, 0.717) is 17.5 Å². The minimum Gasteiger partial charge on any atom is -0.454 e. The number of hydrogen-bond acceptors (Lipinski definition) is 5. The van der Waals surface area contributed by atoms with E-state index in [4.69, 9.17) is 19.4 Å². The van der Waals surface area contributed by atoms with Gasteiger partial charge in [0.1, 0.15) is 5.58 Å². The first-order chi connectivity index (χ1) is 25.7. The third kappa shape index (κ3) is 4.25. The second kappa shape index (κ2) is 11.2. The molecule has 0 aliphatic carbocycles. The van der Waals surface area contributed by atoms with E-state index in [0.717, 1.165) is 60.9 Å². The molecule has 0 radical (unpaired) electrons. The van der Waals surface area contributed by atoms with E-state index in [1.54, 1.807) is 0 Å². The number of thiophene rings is 1. The molecule has 6 heteroatoms. The summed E-state index contributed by atoms with van der Waals surface area (Å²) < 4.78 is 11.9. The second-order valence-electron chi connectivity index (χ2n) is 13.2. The van der Waals surface area contributed by atoms with Gasteiger partial charge in [-0.25, -0.2) is 15.0 Å². The van der Waals surface area contributed by atoms with Gasteiger partial charge in [-0.1, -0.05) is 115 Å². The standard InChI is InChI=1S/C46H28N4OS/c1-27-26-35(50-33-21-11-8-18-30(33)40-34(50)24-25-38-41(40)32-20-10-13-23-37(32)52-38)43-42(31-19-9-12-22-36(31)51-43)39(27)46-48-44(28-14-4-2-5-15-28)47-45(49-46)29-16-6-3-7-17-29/h2-26H,1H3. The molecule has 0 saturated carbocycles. The summed E-state index contributed by atoms with van der Waals surface area (Å²) in [6, 6.07) is 52.8. The summed E-state index contributed by atoms with van der Waals surface area (Å²) in [6.45, 7) is 2.16. The fourth-order valence-electron chi connectivity index (χ4n) is 7.92. The van der Waals surface area contributed by atoms with Crippen molar-refractivity contribution in [2.24, 2.45) is 0 Å². The van der Waals surface area contributed by atoms with Gasteiger partial charge in [0.2, 0.25) is 0 Å². The zero-order valence-electron chi connectivity index (χ0n) is 28.0. The van der Waals surface area contributed by atoms with Crippen molar-refractivity contribution in [2.45, 2.75) is 6.92 Å². The summed E-state index contributed by atoms with van der Waals surface area (Å²) in [7, 11) is 0. The number of aryl methyl sites for hydroxylation is 1. The topological polar surface area (TPSA) is 56.7 Å². The number of para-hydroxylation sites is 2. The van der Waals surface area contributed by atoms with Gasteiger partial charge in [-0.15, -0.1) is 11.3 Å². The molecule has 52 heavy (non-hydrogen) atoms. The van der Waals surface area contributed by atoms with Crippen molar-refractivity contribution in [3.05, 3.63) is 157 Å². The summed E-state index contributed by atoms with van der Waals surface area (Å²) in [5.41, 5.74) is 8.72. The van der Waals surface area contributed by atoms with Crippen LogP contribution in [0, 0.1) is 6.92 Å².